The summed E-state index contributed by atoms with van der Waals surface area (Å²) < 4.78 is 13.0. The van der Waals surface area contributed by atoms with E-state index in [0.717, 1.165) is 0 Å². The van der Waals surface area contributed by atoms with E-state index in [1.54, 1.807) is 12.1 Å². The number of halogens is 1. The maximum absolute atomic E-state index is 13.0. The van der Waals surface area contributed by atoms with Gasteiger partial charge in [-0.25, -0.2) is 14.0 Å². The van der Waals surface area contributed by atoms with Crippen LogP contribution < -0.4 is 5.32 Å². The van der Waals surface area contributed by atoms with Gasteiger partial charge >= 0.3 is 12.0 Å². The molecule has 0 saturated carbocycles. The molecule has 19 heavy (non-hydrogen) atoms. The van der Waals surface area contributed by atoms with Gasteiger partial charge in [0.05, 0.1) is 5.88 Å². The normalized spacial score (nSPS) is 18.4. The number of nitrogens with one attached hydrogen (secondary N) is 1. The lowest BCUT2D eigenvalue weighted by Crippen LogP contribution is -2.46. The first-order valence-electron chi connectivity index (χ1n) is 5.67. The fourth-order valence-electron chi connectivity index (χ4n) is 1.77. The zero-order valence-corrected chi connectivity index (χ0v) is 10.8. The maximum atomic E-state index is 13.0. The highest BCUT2D eigenvalue weighted by Crippen LogP contribution is 2.20. The summed E-state index contributed by atoms with van der Waals surface area (Å²) in [6, 6.07) is 4.66. The van der Waals surface area contributed by atoms with Gasteiger partial charge in [-0.05, 0) is 17.7 Å². The number of aliphatic carboxylic acids is 1. The number of rotatable bonds is 3. The van der Waals surface area contributed by atoms with E-state index in [2.05, 4.69) is 5.32 Å². The second kappa shape index (κ2) is 5.92. The molecule has 0 unspecified atom stereocenters. The summed E-state index contributed by atoms with van der Waals surface area (Å²) in [5.41, 5.74) is 0.632. The summed E-state index contributed by atoms with van der Waals surface area (Å²) in [5.74, 6) is -0.632. The third kappa shape index (κ3) is 3.37. The second-order valence-corrected chi connectivity index (χ2v) is 5.11. The Hall–Kier alpha value is -1.76. The van der Waals surface area contributed by atoms with Crippen molar-refractivity contribution in [1.29, 1.82) is 0 Å². The fraction of sp³-hybridized carbons (Fsp3) is 0.333. The quantitative estimate of drug-likeness (QED) is 0.882. The van der Waals surface area contributed by atoms with Crippen molar-refractivity contribution in [3.8, 4) is 0 Å². The molecule has 2 amide bonds. The van der Waals surface area contributed by atoms with E-state index in [0.29, 0.717) is 17.2 Å². The van der Waals surface area contributed by atoms with E-state index in [-0.39, 0.29) is 12.4 Å². The molecule has 0 radical (unpaired) electrons. The maximum Gasteiger partial charge on any atom is 0.327 e. The molecular formula is C12H13FN2O3S. The van der Waals surface area contributed by atoms with Gasteiger partial charge in [0.2, 0.25) is 0 Å². The number of hydrogen-bond acceptors (Lipinski definition) is 3. The molecule has 1 aromatic carbocycles. The van der Waals surface area contributed by atoms with Gasteiger partial charge in [0.25, 0.3) is 0 Å². The van der Waals surface area contributed by atoms with Gasteiger partial charge in [-0.1, -0.05) is 12.1 Å². The van der Waals surface area contributed by atoms with Crippen LogP contribution in [0.15, 0.2) is 24.3 Å². The number of hydrogen-bond donors (Lipinski definition) is 2. The predicted octanol–water partition coefficient (Wildman–Crippen LogP) is 1.49. The summed E-state index contributed by atoms with van der Waals surface area (Å²) in [4.78, 5) is 24.1. The van der Waals surface area contributed by atoms with Gasteiger partial charge in [-0.15, -0.1) is 11.8 Å². The van der Waals surface area contributed by atoms with E-state index in [4.69, 9.17) is 5.11 Å². The van der Waals surface area contributed by atoms with Crippen molar-refractivity contribution in [1.82, 2.24) is 10.2 Å². The number of amides is 2. The van der Waals surface area contributed by atoms with Crippen molar-refractivity contribution in [2.45, 2.75) is 12.6 Å². The average molecular weight is 284 g/mol. The van der Waals surface area contributed by atoms with Crippen LogP contribution in [0.1, 0.15) is 5.56 Å². The molecule has 1 aliphatic heterocycles. The molecule has 0 bridgehead atoms. The molecule has 1 heterocycles. The Balaban J connectivity index is 1.92. The van der Waals surface area contributed by atoms with Crippen LogP contribution in [0.4, 0.5) is 9.18 Å². The first-order valence-corrected chi connectivity index (χ1v) is 6.83. The van der Waals surface area contributed by atoms with Crippen LogP contribution in [-0.2, 0) is 11.3 Å². The number of benzene rings is 1. The summed E-state index contributed by atoms with van der Waals surface area (Å²) in [7, 11) is 0. The van der Waals surface area contributed by atoms with Gasteiger partial charge in [-0.2, -0.15) is 0 Å². The molecule has 1 atom stereocenters. The average Bonchev–Trinajstić information content (AvgIpc) is 2.85. The van der Waals surface area contributed by atoms with E-state index >= 15 is 0 Å². The van der Waals surface area contributed by atoms with Gasteiger partial charge in [0.15, 0.2) is 0 Å². The molecule has 0 aliphatic carbocycles. The van der Waals surface area contributed by atoms with Gasteiger partial charge in [0, 0.05) is 12.3 Å². The van der Waals surface area contributed by atoms with E-state index in [9.17, 15) is 14.0 Å². The highest BCUT2D eigenvalue weighted by molar-refractivity contribution is 7.99. The number of carboxylic acids is 1. The largest absolute Gasteiger partial charge is 0.480 e. The minimum atomic E-state index is -1.01. The van der Waals surface area contributed by atoms with E-state index in [1.165, 1.54) is 28.8 Å². The van der Waals surface area contributed by atoms with Crippen LogP contribution in [0.25, 0.3) is 0 Å². The second-order valence-electron chi connectivity index (χ2n) is 4.11. The van der Waals surface area contributed by atoms with Crippen molar-refractivity contribution >= 4 is 23.8 Å². The monoisotopic (exact) mass is 284 g/mol. The Morgan fingerprint density at radius 3 is 3.00 bits per heavy atom. The third-order valence-electron chi connectivity index (χ3n) is 2.76. The first-order chi connectivity index (χ1) is 9.08. The van der Waals surface area contributed by atoms with Crippen molar-refractivity contribution in [3.05, 3.63) is 35.6 Å². The Morgan fingerprint density at radius 2 is 2.32 bits per heavy atom. The lowest BCUT2D eigenvalue weighted by atomic mass is 10.2. The molecule has 1 fully saturated rings. The number of urea groups is 1. The topological polar surface area (TPSA) is 69.6 Å². The van der Waals surface area contributed by atoms with Crippen LogP contribution in [-0.4, -0.2) is 39.7 Å². The third-order valence-corrected chi connectivity index (χ3v) is 3.77. The molecule has 2 rings (SSSR count). The van der Waals surface area contributed by atoms with Gasteiger partial charge in [-0.3, -0.25) is 0 Å². The summed E-state index contributed by atoms with van der Waals surface area (Å²) in [5, 5.41) is 11.6. The highest BCUT2D eigenvalue weighted by Gasteiger charge is 2.34. The van der Waals surface area contributed by atoms with Crippen molar-refractivity contribution in [2.24, 2.45) is 0 Å². The van der Waals surface area contributed by atoms with Crippen LogP contribution in [0.2, 0.25) is 0 Å². The number of carbonyl (C=O) groups is 2. The summed E-state index contributed by atoms with van der Waals surface area (Å²) >= 11 is 1.40. The Bertz CT molecular complexity index is 498. The molecule has 0 aromatic heterocycles. The lowest BCUT2D eigenvalue weighted by molar-refractivity contribution is -0.140. The Kier molecular flexibility index (Phi) is 4.26. The predicted molar refractivity (Wildman–Crippen MR) is 69.2 cm³/mol. The smallest absolute Gasteiger partial charge is 0.327 e. The molecule has 7 heteroatoms. The van der Waals surface area contributed by atoms with Crippen molar-refractivity contribution in [2.75, 3.05) is 11.6 Å². The number of carbonyl (C=O) groups excluding carboxylic acids is 1. The fourth-order valence-corrected chi connectivity index (χ4v) is 2.92. The lowest BCUT2D eigenvalue weighted by Gasteiger charge is -2.20. The van der Waals surface area contributed by atoms with Crippen molar-refractivity contribution in [3.63, 3.8) is 0 Å². The molecule has 2 N–H and O–H groups in total. The van der Waals surface area contributed by atoms with Crippen LogP contribution in [0.3, 0.4) is 0 Å². The number of nitrogens with zero attached hydrogens (tertiary/aromatic N) is 1. The molecule has 1 aliphatic rings. The zero-order valence-electron chi connectivity index (χ0n) is 10.0. The zero-order chi connectivity index (χ0) is 13.8. The summed E-state index contributed by atoms with van der Waals surface area (Å²) in [6.07, 6.45) is 0. The van der Waals surface area contributed by atoms with E-state index < -0.39 is 18.0 Å². The molecule has 1 saturated heterocycles. The van der Waals surface area contributed by atoms with Crippen LogP contribution >= 0.6 is 11.8 Å². The van der Waals surface area contributed by atoms with E-state index in [1.807, 2.05) is 0 Å². The first kappa shape index (κ1) is 13.7. The standard InChI is InChI=1S/C12H13FN2O3S/c13-9-3-1-2-8(4-9)5-14-12(18)15-7-19-6-10(15)11(16)17/h1-4,10H,5-7H2,(H,14,18)(H,16,17)/t10-/m0/s1. The Morgan fingerprint density at radius 1 is 1.53 bits per heavy atom. The van der Waals surface area contributed by atoms with Crippen molar-refractivity contribution < 1.29 is 19.1 Å². The SMILES string of the molecule is O=C(O)[C@@H]1CSCN1C(=O)NCc1cccc(F)c1. The molecule has 0 spiro atoms. The molecule has 1 aromatic rings. The summed E-state index contributed by atoms with van der Waals surface area (Å²) in [6.45, 7) is 0.171. The molecule has 102 valence electrons. The highest BCUT2D eigenvalue weighted by atomic mass is 32.2. The minimum Gasteiger partial charge on any atom is -0.480 e. The molecular weight excluding hydrogens is 271 g/mol. The number of thioether (sulfide) groups is 1. The number of carboxylic acid groups (broad SMARTS) is 1. The minimum absolute atomic E-state index is 0.171. The van der Waals surface area contributed by atoms with Gasteiger partial charge in [0.1, 0.15) is 11.9 Å². The van der Waals surface area contributed by atoms with Crippen LogP contribution in [0, 0.1) is 5.82 Å². The van der Waals surface area contributed by atoms with Gasteiger partial charge < -0.3 is 15.3 Å². The Labute approximate surface area is 113 Å². The molecule has 5 nitrogen and oxygen atoms in total. The van der Waals surface area contributed by atoms with Crippen LogP contribution in [0.5, 0.6) is 0 Å².